The van der Waals surface area contributed by atoms with Crippen LogP contribution in [0.25, 0.3) is 0 Å². The van der Waals surface area contributed by atoms with Crippen molar-refractivity contribution in [3.63, 3.8) is 0 Å². The maximum absolute atomic E-state index is 12.7. The zero-order valence-electron chi connectivity index (χ0n) is 14.0. The Morgan fingerprint density at radius 1 is 1.28 bits per heavy atom. The summed E-state index contributed by atoms with van der Waals surface area (Å²) in [5.74, 6) is -1.75. The molecular formula is C16H22N2O6S. The van der Waals surface area contributed by atoms with Gasteiger partial charge in [-0.2, -0.15) is 4.31 Å². The predicted molar refractivity (Wildman–Crippen MR) is 89.8 cm³/mol. The number of ether oxygens (including phenoxy) is 1. The summed E-state index contributed by atoms with van der Waals surface area (Å²) in [5, 5.41) is 11.3. The number of hydrogen-bond donors (Lipinski definition) is 2. The number of benzene rings is 1. The highest BCUT2D eigenvalue weighted by atomic mass is 32.2. The van der Waals surface area contributed by atoms with Crippen LogP contribution in [0.3, 0.4) is 0 Å². The molecule has 0 spiro atoms. The van der Waals surface area contributed by atoms with Gasteiger partial charge < -0.3 is 15.2 Å². The summed E-state index contributed by atoms with van der Waals surface area (Å²) < 4.78 is 31.5. The van der Waals surface area contributed by atoms with E-state index in [4.69, 9.17) is 9.84 Å². The molecule has 1 fully saturated rings. The van der Waals surface area contributed by atoms with Gasteiger partial charge in [-0.15, -0.1) is 0 Å². The van der Waals surface area contributed by atoms with E-state index in [-0.39, 0.29) is 17.0 Å². The van der Waals surface area contributed by atoms with Gasteiger partial charge in [0.2, 0.25) is 10.0 Å². The van der Waals surface area contributed by atoms with Crippen LogP contribution >= 0.6 is 0 Å². The molecule has 0 aromatic heterocycles. The van der Waals surface area contributed by atoms with Crippen molar-refractivity contribution in [3.8, 4) is 0 Å². The minimum atomic E-state index is -3.63. The normalized spacial score (nSPS) is 17.0. The first kappa shape index (κ1) is 19.4. The second-order valence-electron chi connectivity index (χ2n) is 5.77. The first-order valence-corrected chi connectivity index (χ1v) is 9.44. The monoisotopic (exact) mass is 370 g/mol. The maximum atomic E-state index is 12.7. The Morgan fingerprint density at radius 2 is 1.96 bits per heavy atom. The molecule has 2 N–H and O–H groups in total. The second kappa shape index (κ2) is 8.41. The number of piperidine rings is 1. The standard InChI is InChI=1S/C16H22N2O6S/c1-24-14(16(20)21)11-17-15(19)12-6-5-7-13(10-12)25(22,23)18-8-3-2-4-9-18/h5-7,10,14H,2-4,8-9,11H2,1H3,(H,17,19)(H,20,21). The van der Waals surface area contributed by atoms with Crippen LogP contribution in [-0.4, -0.2) is 62.6 Å². The molecule has 2 rings (SSSR count). The number of nitrogens with zero attached hydrogens (tertiary/aromatic N) is 1. The summed E-state index contributed by atoms with van der Waals surface area (Å²) in [4.78, 5) is 23.1. The van der Waals surface area contributed by atoms with E-state index in [0.29, 0.717) is 13.1 Å². The summed E-state index contributed by atoms with van der Waals surface area (Å²) in [6.45, 7) is 0.744. The Bertz CT molecular complexity index is 728. The van der Waals surface area contributed by atoms with Crippen molar-refractivity contribution in [2.75, 3.05) is 26.7 Å². The van der Waals surface area contributed by atoms with Crippen LogP contribution in [0.15, 0.2) is 29.2 Å². The fraction of sp³-hybridized carbons (Fsp3) is 0.500. The molecule has 138 valence electrons. The van der Waals surface area contributed by atoms with E-state index in [1.807, 2.05) is 0 Å². The lowest BCUT2D eigenvalue weighted by molar-refractivity contribution is -0.148. The zero-order valence-corrected chi connectivity index (χ0v) is 14.8. The van der Waals surface area contributed by atoms with Crippen molar-refractivity contribution < 1.29 is 27.9 Å². The van der Waals surface area contributed by atoms with Crippen LogP contribution in [0.5, 0.6) is 0 Å². The zero-order chi connectivity index (χ0) is 18.4. The molecule has 1 aliphatic heterocycles. The van der Waals surface area contributed by atoms with Crippen molar-refractivity contribution in [1.29, 1.82) is 0 Å². The molecule has 0 radical (unpaired) electrons. The van der Waals surface area contributed by atoms with Gasteiger partial charge >= 0.3 is 5.97 Å². The Kier molecular flexibility index (Phi) is 6.51. The number of carbonyl (C=O) groups is 2. The maximum Gasteiger partial charge on any atom is 0.334 e. The van der Waals surface area contributed by atoms with Crippen molar-refractivity contribution in [2.45, 2.75) is 30.3 Å². The molecule has 1 saturated heterocycles. The molecule has 0 saturated carbocycles. The Labute approximate surface area is 146 Å². The molecule has 1 unspecified atom stereocenters. The number of amides is 1. The van der Waals surface area contributed by atoms with E-state index in [2.05, 4.69) is 5.32 Å². The topological polar surface area (TPSA) is 113 Å². The summed E-state index contributed by atoms with van der Waals surface area (Å²) in [5.41, 5.74) is 0.151. The van der Waals surface area contributed by atoms with Gasteiger partial charge in [0, 0.05) is 25.8 Å². The lowest BCUT2D eigenvalue weighted by Gasteiger charge is -2.26. The molecule has 1 heterocycles. The van der Waals surface area contributed by atoms with E-state index in [0.717, 1.165) is 19.3 Å². The van der Waals surface area contributed by atoms with Gasteiger partial charge in [-0.05, 0) is 31.0 Å². The number of carboxylic acid groups (broad SMARTS) is 1. The number of hydrogen-bond acceptors (Lipinski definition) is 5. The molecule has 1 aromatic rings. The fourth-order valence-electron chi connectivity index (χ4n) is 2.61. The van der Waals surface area contributed by atoms with Crippen LogP contribution in [0.4, 0.5) is 0 Å². The first-order chi connectivity index (χ1) is 11.9. The van der Waals surface area contributed by atoms with E-state index in [1.165, 1.54) is 35.7 Å². The van der Waals surface area contributed by atoms with Crippen molar-refractivity contribution in [3.05, 3.63) is 29.8 Å². The summed E-state index contributed by atoms with van der Waals surface area (Å²) in [6.07, 6.45) is 1.50. The summed E-state index contributed by atoms with van der Waals surface area (Å²) >= 11 is 0. The van der Waals surface area contributed by atoms with E-state index < -0.39 is 28.0 Å². The van der Waals surface area contributed by atoms with Crippen LogP contribution in [-0.2, 0) is 19.6 Å². The minimum absolute atomic E-state index is 0.0589. The molecule has 0 bridgehead atoms. The lowest BCUT2D eigenvalue weighted by Crippen LogP contribution is -2.38. The highest BCUT2D eigenvalue weighted by Gasteiger charge is 2.26. The van der Waals surface area contributed by atoms with Gasteiger partial charge in [-0.3, -0.25) is 4.79 Å². The molecule has 9 heteroatoms. The first-order valence-electron chi connectivity index (χ1n) is 8.00. The average molecular weight is 370 g/mol. The highest BCUT2D eigenvalue weighted by molar-refractivity contribution is 7.89. The molecule has 1 aliphatic rings. The van der Waals surface area contributed by atoms with Crippen LogP contribution in [0.1, 0.15) is 29.6 Å². The van der Waals surface area contributed by atoms with Crippen molar-refractivity contribution >= 4 is 21.9 Å². The largest absolute Gasteiger partial charge is 0.479 e. The molecule has 1 atom stereocenters. The summed E-state index contributed by atoms with van der Waals surface area (Å²) in [6, 6.07) is 5.74. The van der Waals surface area contributed by atoms with Crippen molar-refractivity contribution in [2.24, 2.45) is 0 Å². The minimum Gasteiger partial charge on any atom is -0.479 e. The predicted octanol–water partition coefficient (Wildman–Crippen LogP) is 0.691. The Hall–Kier alpha value is -1.97. The quantitative estimate of drug-likeness (QED) is 0.730. The number of aliphatic carboxylic acids is 1. The van der Waals surface area contributed by atoms with Gasteiger partial charge in [0.05, 0.1) is 11.4 Å². The number of nitrogens with one attached hydrogen (secondary N) is 1. The molecule has 1 aromatic carbocycles. The number of carboxylic acids is 1. The molecule has 1 amide bonds. The Balaban J connectivity index is 2.12. The van der Waals surface area contributed by atoms with Crippen LogP contribution in [0, 0.1) is 0 Å². The number of methoxy groups -OCH3 is 1. The molecule has 8 nitrogen and oxygen atoms in total. The van der Waals surface area contributed by atoms with E-state index in [9.17, 15) is 18.0 Å². The third-order valence-electron chi connectivity index (χ3n) is 4.06. The SMILES string of the molecule is COC(CNC(=O)c1cccc(S(=O)(=O)N2CCCCC2)c1)C(=O)O. The number of carbonyl (C=O) groups excluding carboxylic acids is 1. The van der Waals surface area contributed by atoms with Gasteiger partial charge in [0.15, 0.2) is 6.10 Å². The lowest BCUT2D eigenvalue weighted by atomic mass is 10.2. The van der Waals surface area contributed by atoms with E-state index in [1.54, 1.807) is 0 Å². The number of sulfonamides is 1. The second-order valence-corrected chi connectivity index (χ2v) is 7.70. The van der Waals surface area contributed by atoms with Crippen LogP contribution in [0.2, 0.25) is 0 Å². The van der Waals surface area contributed by atoms with Crippen LogP contribution < -0.4 is 5.32 Å². The highest BCUT2D eigenvalue weighted by Crippen LogP contribution is 2.21. The van der Waals surface area contributed by atoms with E-state index >= 15 is 0 Å². The molecular weight excluding hydrogens is 348 g/mol. The van der Waals surface area contributed by atoms with Gasteiger partial charge in [-0.1, -0.05) is 12.5 Å². The summed E-state index contributed by atoms with van der Waals surface area (Å²) in [7, 11) is -2.40. The average Bonchev–Trinajstić information content (AvgIpc) is 2.62. The third kappa shape index (κ3) is 4.77. The molecule has 0 aliphatic carbocycles. The number of rotatable bonds is 7. The van der Waals surface area contributed by atoms with Gasteiger partial charge in [0.1, 0.15) is 0 Å². The van der Waals surface area contributed by atoms with Crippen molar-refractivity contribution in [1.82, 2.24) is 9.62 Å². The smallest absolute Gasteiger partial charge is 0.334 e. The Morgan fingerprint density at radius 3 is 2.56 bits per heavy atom. The fourth-order valence-corrected chi connectivity index (χ4v) is 4.17. The molecule has 25 heavy (non-hydrogen) atoms. The van der Waals surface area contributed by atoms with Gasteiger partial charge in [-0.25, -0.2) is 13.2 Å². The third-order valence-corrected chi connectivity index (χ3v) is 5.95. The van der Waals surface area contributed by atoms with Gasteiger partial charge in [0.25, 0.3) is 5.91 Å².